The molecule has 1 N–H and O–H groups in total. The average molecular weight is 287 g/mol. The first-order valence-electron chi connectivity index (χ1n) is 7.03. The molecule has 1 aliphatic rings. The van der Waals surface area contributed by atoms with Gasteiger partial charge in [-0.1, -0.05) is 0 Å². The summed E-state index contributed by atoms with van der Waals surface area (Å²) in [4.78, 5) is 29.8. The van der Waals surface area contributed by atoms with Crippen LogP contribution in [0.4, 0.5) is 0 Å². The normalized spacial score (nSPS) is 22.4. The Kier molecular flexibility index (Phi) is 3.37. The van der Waals surface area contributed by atoms with Gasteiger partial charge in [0.1, 0.15) is 5.65 Å². The Bertz CT molecular complexity index is 694. The maximum Gasteiger partial charge on any atom is 0.306 e. The maximum atomic E-state index is 12.7. The van der Waals surface area contributed by atoms with Crippen molar-refractivity contribution in [2.45, 2.75) is 25.8 Å². The number of imidazole rings is 1. The standard InChI is InChI=1S/C15H17N3O3/c1-10-9-11(15(20)21)4-7-18(10)14(19)12-3-2-6-17-8-5-16-13(12)17/h2-3,5-6,8,10-11H,4,7,9H2,1H3,(H,20,21)/t10-,11-/m1/s1. The van der Waals surface area contributed by atoms with Crippen LogP contribution in [0.2, 0.25) is 0 Å². The number of carbonyl (C=O) groups is 2. The van der Waals surface area contributed by atoms with Crippen LogP contribution in [0.1, 0.15) is 30.1 Å². The largest absolute Gasteiger partial charge is 0.481 e. The van der Waals surface area contributed by atoms with E-state index in [-0.39, 0.29) is 17.9 Å². The second-order valence-corrected chi connectivity index (χ2v) is 5.49. The first-order valence-corrected chi connectivity index (χ1v) is 7.03. The predicted octanol–water partition coefficient (Wildman–Crippen LogP) is 1.66. The molecule has 1 aliphatic heterocycles. The van der Waals surface area contributed by atoms with E-state index >= 15 is 0 Å². The molecular formula is C15H17N3O3. The predicted molar refractivity (Wildman–Crippen MR) is 76.1 cm³/mol. The van der Waals surface area contributed by atoms with Crippen molar-refractivity contribution in [2.24, 2.45) is 5.92 Å². The van der Waals surface area contributed by atoms with Gasteiger partial charge in [0.15, 0.2) is 0 Å². The lowest BCUT2D eigenvalue weighted by Gasteiger charge is -2.36. The van der Waals surface area contributed by atoms with Gasteiger partial charge in [-0.2, -0.15) is 0 Å². The Labute approximate surface area is 122 Å². The summed E-state index contributed by atoms with van der Waals surface area (Å²) in [5, 5.41) is 9.09. The maximum absolute atomic E-state index is 12.7. The fraction of sp³-hybridized carbons (Fsp3) is 0.400. The van der Waals surface area contributed by atoms with Crippen molar-refractivity contribution in [3.8, 4) is 0 Å². The highest BCUT2D eigenvalue weighted by molar-refractivity contribution is 6.00. The third kappa shape index (κ3) is 2.37. The van der Waals surface area contributed by atoms with E-state index in [0.717, 1.165) is 0 Å². The second-order valence-electron chi connectivity index (χ2n) is 5.49. The van der Waals surface area contributed by atoms with Gasteiger partial charge in [-0.15, -0.1) is 0 Å². The number of hydrogen-bond donors (Lipinski definition) is 1. The molecule has 0 unspecified atom stereocenters. The molecule has 1 amide bonds. The molecule has 2 aromatic heterocycles. The van der Waals surface area contributed by atoms with Gasteiger partial charge in [-0.3, -0.25) is 9.59 Å². The van der Waals surface area contributed by atoms with Crippen molar-refractivity contribution < 1.29 is 14.7 Å². The number of likely N-dealkylation sites (tertiary alicyclic amines) is 1. The number of aliphatic carboxylic acids is 1. The van der Waals surface area contributed by atoms with Gasteiger partial charge in [0.2, 0.25) is 0 Å². The Morgan fingerprint density at radius 1 is 1.38 bits per heavy atom. The van der Waals surface area contributed by atoms with E-state index in [1.165, 1.54) is 0 Å². The number of nitrogens with zero attached hydrogens (tertiary/aromatic N) is 3. The summed E-state index contributed by atoms with van der Waals surface area (Å²) in [6.45, 7) is 2.37. The summed E-state index contributed by atoms with van der Waals surface area (Å²) in [5.74, 6) is -1.21. The molecule has 6 heteroatoms. The number of piperidine rings is 1. The lowest BCUT2D eigenvalue weighted by atomic mass is 9.91. The Morgan fingerprint density at radius 3 is 2.90 bits per heavy atom. The van der Waals surface area contributed by atoms with Crippen molar-refractivity contribution in [1.29, 1.82) is 0 Å². The fourth-order valence-corrected chi connectivity index (χ4v) is 2.97. The molecule has 2 aromatic rings. The Balaban J connectivity index is 1.86. The van der Waals surface area contributed by atoms with Crippen LogP contribution >= 0.6 is 0 Å². The first kappa shape index (κ1) is 13.6. The van der Waals surface area contributed by atoms with Crippen LogP contribution < -0.4 is 0 Å². The monoisotopic (exact) mass is 287 g/mol. The van der Waals surface area contributed by atoms with E-state index in [1.807, 2.05) is 23.6 Å². The number of rotatable bonds is 2. The van der Waals surface area contributed by atoms with Crippen LogP contribution in [-0.2, 0) is 4.79 Å². The van der Waals surface area contributed by atoms with Crippen molar-refractivity contribution >= 4 is 17.5 Å². The summed E-state index contributed by atoms with van der Waals surface area (Å²) < 4.78 is 1.81. The van der Waals surface area contributed by atoms with Crippen LogP contribution in [0.3, 0.4) is 0 Å². The highest BCUT2D eigenvalue weighted by Gasteiger charge is 2.33. The number of carboxylic acid groups (broad SMARTS) is 1. The minimum absolute atomic E-state index is 0.0804. The highest BCUT2D eigenvalue weighted by Crippen LogP contribution is 2.25. The van der Waals surface area contributed by atoms with Crippen molar-refractivity contribution in [1.82, 2.24) is 14.3 Å². The molecule has 21 heavy (non-hydrogen) atoms. The van der Waals surface area contributed by atoms with Gasteiger partial charge in [-0.25, -0.2) is 4.98 Å². The van der Waals surface area contributed by atoms with Crippen LogP contribution in [0.5, 0.6) is 0 Å². The molecular weight excluding hydrogens is 270 g/mol. The van der Waals surface area contributed by atoms with Gasteiger partial charge >= 0.3 is 5.97 Å². The van der Waals surface area contributed by atoms with Crippen molar-refractivity contribution in [3.05, 3.63) is 36.3 Å². The van der Waals surface area contributed by atoms with E-state index in [2.05, 4.69) is 4.98 Å². The van der Waals surface area contributed by atoms with Crippen LogP contribution in [-0.4, -0.2) is 43.9 Å². The molecule has 0 aliphatic carbocycles. The van der Waals surface area contributed by atoms with E-state index in [4.69, 9.17) is 5.11 Å². The smallest absolute Gasteiger partial charge is 0.306 e. The quantitative estimate of drug-likeness (QED) is 0.911. The van der Waals surface area contributed by atoms with E-state index < -0.39 is 5.97 Å². The van der Waals surface area contributed by atoms with Gasteiger partial charge in [0, 0.05) is 31.2 Å². The van der Waals surface area contributed by atoms with Crippen molar-refractivity contribution in [3.63, 3.8) is 0 Å². The number of fused-ring (bicyclic) bond motifs is 1. The number of aromatic nitrogens is 2. The minimum Gasteiger partial charge on any atom is -0.481 e. The molecule has 3 rings (SSSR count). The van der Waals surface area contributed by atoms with Crippen molar-refractivity contribution in [2.75, 3.05) is 6.54 Å². The fourth-order valence-electron chi connectivity index (χ4n) is 2.97. The summed E-state index contributed by atoms with van der Waals surface area (Å²) >= 11 is 0. The minimum atomic E-state index is -0.774. The number of amides is 1. The van der Waals surface area contributed by atoms with Crippen LogP contribution in [0.15, 0.2) is 30.7 Å². The zero-order valence-corrected chi connectivity index (χ0v) is 11.8. The lowest BCUT2D eigenvalue weighted by molar-refractivity contribution is -0.143. The Morgan fingerprint density at radius 2 is 2.19 bits per heavy atom. The second kappa shape index (κ2) is 5.20. The highest BCUT2D eigenvalue weighted by atomic mass is 16.4. The molecule has 1 fully saturated rings. The Hall–Kier alpha value is -2.37. The molecule has 0 aromatic carbocycles. The third-order valence-electron chi connectivity index (χ3n) is 4.14. The van der Waals surface area contributed by atoms with E-state index in [0.29, 0.717) is 30.6 Å². The van der Waals surface area contributed by atoms with Gasteiger partial charge in [0.25, 0.3) is 5.91 Å². The number of hydrogen-bond acceptors (Lipinski definition) is 3. The molecule has 0 saturated carbocycles. The summed E-state index contributed by atoms with van der Waals surface area (Å²) in [7, 11) is 0. The molecule has 6 nitrogen and oxygen atoms in total. The van der Waals surface area contributed by atoms with Crippen LogP contribution in [0.25, 0.3) is 5.65 Å². The summed E-state index contributed by atoms with van der Waals surface area (Å²) in [6, 6.07) is 3.50. The van der Waals surface area contributed by atoms with Gasteiger partial charge in [-0.05, 0) is 31.9 Å². The molecule has 0 spiro atoms. The van der Waals surface area contributed by atoms with E-state index in [9.17, 15) is 9.59 Å². The van der Waals surface area contributed by atoms with Gasteiger partial charge in [0.05, 0.1) is 11.5 Å². The van der Waals surface area contributed by atoms with Crippen LogP contribution in [0, 0.1) is 5.92 Å². The number of carbonyl (C=O) groups excluding carboxylic acids is 1. The first-order chi connectivity index (χ1) is 10.1. The zero-order chi connectivity index (χ0) is 15.0. The summed E-state index contributed by atoms with van der Waals surface area (Å²) in [6.07, 6.45) is 6.30. The third-order valence-corrected chi connectivity index (χ3v) is 4.14. The summed E-state index contributed by atoms with van der Waals surface area (Å²) in [5.41, 5.74) is 1.19. The average Bonchev–Trinajstić information content (AvgIpc) is 2.94. The lowest BCUT2D eigenvalue weighted by Crippen LogP contribution is -2.46. The molecule has 1 saturated heterocycles. The topological polar surface area (TPSA) is 74.9 Å². The molecule has 3 heterocycles. The molecule has 0 bridgehead atoms. The van der Waals surface area contributed by atoms with E-state index in [1.54, 1.807) is 23.4 Å². The number of carboxylic acids is 1. The zero-order valence-electron chi connectivity index (χ0n) is 11.8. The SMILES string of the molecule is C[C@@H]1C[C@H](C(=O)O)CCN1C(=O)c1cccn2ccnc12. The molecule has 110 valence electrons. The molecule has 0 radical (unpaired) electrons. The van der Waals surface area contributed by atoms with Gasteiger partial charge < -0.3 is 14.4 Å². The molecule has 2 atom stereocenters. The number of pyridine rings is 1.